The molecule has 0 unspecified atom stereocenters. The van der Waals surface area contributed by atoms with Gasteiger partial charge in [0, 0.05) is 0 Å². The lowest BCUT2D eigenvalue weighted by atomic mass is 9.88. The summed E-state index contributed by atoms with van der Waals surface area (Å²) in [6.45, 7) is 2.23. The molecule has 0 spiro atoms. The molecule has 86 valence electrons. The van der Waals surface area contributed by atoms with Crippen molar-refractivity contribution in [2.45, 2.75) is 32.2 Å². The first kappa shape index (κ1) is 11.0. The minimum Gasteiger partial charge on any atom is -0.450 e. The molecular formula is C13H17NO2. The molecule has 1 aromatic rings. The molecule has 1 aliphatic rings. The smallest absolute Gasteiger partial charge is 0.407 e. The predicted octanol–water partition coefficient (Wildman–Crippen LogP) is 2.81. The van der Waals surface area contributed by atoms with Crippen LogP contribution in [0, 0.1) is 0 Å². The van der Waals surface area contributed by atoms with Crippen molar-refractivity contribution >= 4 is 6.09 Å². The fourth-order valence-corrected chi connectivity index (χ4v) is 2.22. The average Bonchev–Trinajstić information content (AvgIpc) is 2.30. The van der Waals surface area contributed by atoms with Crippen LogP contribution in [0.1, 0.15) is 36.9 Å². The topological polar surface area (TPSA) is 38.3 Å². The maximum absolute atomic E-state index is 11.4. The van der Waals surface area contributed by atoms with Crippen LogP contribution in [0.3, 0.4) is 0 Å². The molecule has 1 atom stereocenters. The lowest BCUT2D eigenvalue weighted by Gasteiger charge is -2.25. The first-order chi connectivity index (χ1) is 7.81. The number of hydrogen-bond acceptors (Lipinski definition) is 2. The van der Waals surface area contributed by atoms with Crippen molar-refractivity contribution in [1.29, 1.82) is 0 Å². The van der Waals surface area contributed by atoms with Crippen LogP contribution in [0.15, 0.2) is 24.3 Å². The molecule has 1 amide bonds. The van der Waals surface area contributed by atoms with Gasteiger partial charge in [-0.05, 0) is 37.3 Å². The van der Waals surface area contributed by atoms with Gasteiger partial charge in [0.1, 0.15) is 0 Å². The highest BCUT2D eigenvalue weighted by molar-refractivity contribution is 5.68. The first-order valence-electron chi connectivity index (χ1n) is 5.82. The standard InChI is InChI=1S/C13H17NO2/c1-2-16-13(15)14-12-9-5-7-10-6-3-4-8-11(10)12/h3-4,6,8,12H,2,5,7,9H2,1H3,(H,14,15)/t12-/m0/s1. The molecule has 3 nitrogen and oxygen atoms in total. The number of carbonyl (C=O) groups excluding carboxylic acids is 1. The first-order valence-corrected chi connectivity index (χ1v) is 5.82. The van der Waals surface area contributed by atoms with Crippen molar-refractivity contribution in [3.05, 3.63) is 35.4 Å². The summed E-state index contributed by atoms with van der Waals surface area (Å²) in [7, 11) is 0. The average molecular weight is 219 g/mol. The summed E-state index contributed by atoms with van der Waals surface area (Å²) in [6, 6.07) is 8.40. The van der Waals surface area contributed by atoms with Crippen molar-refractivity contribution < 1.29 is 9.53 Å². The normalized spacial score (nSPS) is 18.7. The highest BCUT2D eigenvalue weighted by Crippen LogP contribution is 2.29. The Morgan fingerprint density at radius 2 is 2.31 bits per heavy atom. The summed E-state index contributed by atoms with van der Waals surface area (Å²) in [5.41, 5.74) is 2.58. The van der Waals surface area contributed by atoms with Crippen molar-refractivity contribution in [2.75, 3.05) is 6.61 Å². The van der Waals surface area contributed by atoms with Crippen LogP contribution < -0.4 is 5.32 Å². The fourth-order valence-electron chi connectivity index (χ4n) is 2.22. The van der Waals surface area contributed by atoms with Crippen molar-refractivity contribution in [3.8, 4) is 0 Å². The molecule has 0 bridgehead atoms. The summed E-state index contributed by atoms with van der Waals surface area (Å²) >= 11 is 0. The number of aryl methyl sites for hydroxylation is 1. The second kappa shape index (κ2) is 5.01. The zero-order valence-electron chi connectivity index (χ0n) is 9.53. The highest BCUT2D eigenvalue weighted by atomic mass is 16.5. The Balaban J connectivity index is 2.10. The van der Waals surface area contributed by atoms with E-state index in [4.69, 9.17) is 4.74 Å². The second-order valence-electron chi connectivity index (χ2n) is 4.01. The number of benzene rings is 1. The van der Waals surface area contributed by atoms with Gasteiger partial charge in [-0.3, -0.25) is 0 Å². The number of fused-ring (bicyclic) bond motifs is 1. The van der Waals surface area contributed by atoms with E-state index in [1.54, 1.807) is 0 Å². The molecule has 0 aromatic heterocycles. The monoisotopic (exact) mass is 219 g/mol. The van der Waals surface area contributed by atoms with E-state index in [9.17, 15) is 4.79 Å². The molecule has 0 saturated carbocycles. The van der Waals surface area contributed by atoms with E-state index in [-0.39, 0.29) is 12.1 Å². The number of nitrogens with one attached hydrogen (secondary N) is 1. The summed E-state index contributed by atoms with van der Waals surface area (Å²) in [4.78, 5) is 11.4. The van der Waals surface area contributed by atoms with Crippen molar-refractivity contribution in [1.82, 2.24) is 5.32 Å². The van der Waals surface area contributed by atoms with Crippen molar-refractivity contribution in [2.24, 2.45) is 0 Å². The predicted molar refractivity (Wildman–Crippen MR) is 62.3 cm³/mol. The molecule has 16 heavy (non-hydrogen) atoms. The fraction of sp³-hybridized carbons (Fsp3) is 0.462. The van der Waals surface area contributed by atoms with Crippen LogP contribution in [0.5, 0.6) is 0 Å². The van der Waals surface area contributed by atoms with Gasteiger partial charge >= 0.3 is 6.09 Å². The quantitative estimate of drug-likeness (QED) is 0.830. The molecule has 0 aliphatic heterocycles. The van der Waals surface area contributed by atoms with Gasteiger partial charge in [0.15, 0.2) is 0 Å². The molecular weight excluding hydrogens is 202 g/mol. The number of rotatable bonds is 2. The van der Waals surface area contributed by atoms with E-state index < -0.39 is 0 Å². The molecule has 1 N–H and O–H groups in total. The van der Waals surface area contributed by atoms with E-state index in [1.807, 2.05) is 19.1 Å². The second-order valence-corrected chi connectivity index (χ2v) is 4.01. The van der Waals surface area contributed by atoms with Crippen LogP contribution in [0.2, 0.25) is 0 Å². The van der Waals surface area contributed by atoms with Gasteiger partial charge in [-0.25, -0.2) is 4.79 Å². The van der Waals surface area contributed by atoms with Gasteiger partial charge in [-0.15, -0.1) is 0 Å². The minimum atomic E-state index is -0.316. The SMILES string of the molecule is CCOC(=O)N[C@H]1CCCc2ccccc21. The minimum absolute atomic E-state index is 0.115. The summed E-state index contributed by atoms with van der Waals surface area (Å²) < 4.78 is 4.91. The zero-order valence-corrected chi connectivity index (χ0v) is 9.53. The Hall–Kier alpha value is -1.51. The van der Waals surface area contributed by atoms with Gasteiger partial charge in [0.25, 0.3) is 0 Å². The van der Waals surface area contributed by atoms with Gasteiger partial charge in [-0.2, -0.15) is 0 Å². The van der Waals surface area contributed by atoms with Gasteiger partial charge < -0.3 is 10.1 Å². The highest BCUT2D eigenvalue weighted by Gasteiger charge is 2.21. The third-order valence-corrected chi connectivity index (χ3v) is 2.94. The van der Waals surface area contributed by atoms with Crippen LogP contribution in [-0.4, -0.2) is 12.7 Å². The molecule has 3 heteroatoms. The number of amides is 1. The van der Waals surface area contributed by atoms with Crippen LogP contribution in [0.4, 0.5) is 4.79 Å². The maximum Gasteiger partial charge on any atom is 0.407 e. The van der Waals surface area contributed by atoms with Crippen LogP contribution >= 0.6 is 0 Å². The van der Waals surface area contributed by atoms with Crippen molar-refractivity contribution in [3.63, 3.8) is 0 Å². The van der Waals surface area contributed by atoms with E-state index in [0.717, 1.165) is 19.3 Å². The van der Waals surface area contributed by atoms with Gasteiger partial charge in [-0.1, -0.05) is 24.3 Å². The van der Waals surface area contributed by atoms with Crippen LogP contribution in [0.25, 0.3) is 0 Å². The third-order valence-electron chi connectivity index (χ3n) is 2.94. The molecule has 0 heterocycles. The van der Waals surface area contributed by atoms with E-state index >= 15 is 0 Å². The molecule has 1 aliphatic carbocycles. The van der Waals surface area contributed by atoms with E-state index in [2.05, 4.69) is 17.4 Å². The molecule has 0 fully saturated rings. The molecule has 1 aromatic carbocycles. The zero-order chi connectivity index (χ0) is 11.4. The maximum atomic E-state index is 11.4. The number of carbonyl (C=O) groups is 1. The van der Waals surface area contributed by atoms with Gasteiger partial charge in [0.2, 0.25) is 0 Å². The lowest BCUT2D eigenvalue weighted by Crippen LogP contribution is -2.31. The largest absolute Gasteiger partial charge is 0.450 e. The summed E-state index contributed by atoms with van der Waals surface area (Å²) in [6.07, 6.45) is 2.91. The van der Waals surface area contributed by atoms with Gasteiger partial charge in [0.05, 0.1) is 12.6 Å². The third kappa shape index (κ3) is 2.35. The lowest BCUT2D eigenvalue weighted by molar-refractivity contribution is 0.147. The molecule has 0 saturated heterocycles. The number of hydrogen-bond donors (Lipinski definition) is 1. The molecule has 0 radical (unpaired) electrons. The van der Waals surface area contributed by atoms with E-state index in [0.29, 0.717) is 6.61 Å². The molecule has 2 rings (SSSR count). The Labute approximate surface area is 95.8 Å². The Kier molecular flexibility index (Phi) is 3.44. The Morgan fingerprint density at radius 3 is 3.12 bits per heavy atom. The number of alkyl carbamates (subject to hydrolysis) is 1. The summed E-state index contributed by atoms with van der Waals surface area (Å²) in [5, 5.41) is 2.91. The van der Waals surface area contributed by atoms with Crippen LogP contribution in [-0.2, 0) is 11.2 Å². The Morgan fingerprint density at radius 1 is 1.50 bits per heavy atom. The number of ether oxygens (including phenoxy) is 1. The summed E-state index contributed by atoms with van der Waals surface area (Å²) in [5.74, 6) is 0. The Bertz CT molecular complexity index is 376. The van der Waals surface area contributed by atoms with E-state index in [1.165, 1.54) is 11.1 Å².